The van der Waals surface area contributed by atoms with E-state index in [2.05, 4.69) is 25.8 Å². The summed E-state index contributed by atoms with van der Waals surface area (Å²) in [5, 5.41) is 13.4. The number of rotatable bonds is 4. The molecule has 0 radical (unpaired) electrons. The van der Waals surface area contributed by atoms with Crippen LogP contribution in [0.1, 0.15) is 42.4 Å². The summed E-state index contributed by atoms with van der Waals surface area (Å²) in [6, 6.07) is 3.17. The molecule has 0 bridgehead atoms. The molecule has 1 unspecified atom stereocenters. The molecule has 1 fully saturated rings. The number of hydrogen-bond acceptors (Lipinski definition) is 4. The highest BCUT2D eigenvalue weighted by molar-refractivity contribution is 5.88. The molecule has 1 atom stereocenters. The van der Waals surface area contributed by atoms with Crippen molar-refractivity contribution in [3.05, 3.63) is 35.5 Å². The lowest BCUT2D eigenvalue weighted by Crippen LogP contribution is -2.36. The van der Waals surface area contributed by atoms with Gasteiger partial charge in [0.1, 0.15) is 5.82 Å². The number of aromatic nitrogens is 4. The molecule has 1 aliphatic carbocycles. The highest BCUT2D eigenvalue weighted by Crippen LogP contribution is 2.38. The summed E-state index contributed by atoms with van der Waals surface area (Å²) < 4.78 is 39.8. The van der Waals surface area contributed by atoms with Crippen LogP contribution in [0.25, 0.3) is 0 Å². The van der Waals surface area contributed by atoms with Crippen LogP contribution in [0.2, 0.25) is 0 Å². The summed E-state index contributed by atoms with van der Waals surface area (Å²) in [6.07, 6.45) is -0.00584. The number of carbonyl (C=O) groups excluding carboxylic acids is 1. The summed E-state index contributed by atoms with van der Waals surface area (Å²) in [6.45, 7) is 0.757. The number of anilines is 1. The smallest absolute Gasteiger partial charge is 0.337 e. The van der Waals surface area contributed by atoms with Crippen molar-refractivity contribution >= 4 is 11.8 Å². The fourth-order valence-electron chi connectivity index (χ4n) is 3.22. The Balaban J connectivity index is 1.27. The number of fused-ring (bicyclic) bond motifs is 1. The van der Waals surface area contributed by atoms with Gasteiger partial charge in [-0.3, -0.25) is 5.32 Å². The van der Waals surface area contributed by atoms with E-state index < -0.39 is 17.9 Å². The average Bonchev–Trinajstić information content (AvgIpc) is 3.38. The van der Waals surface area contributed by atoms with Gasteiger partial charge in [0.05, 0.1) is 5.69 Å². The topological polar surface area (TPSA) is 84.7 Å². The van der Waals surface area contributed by atoms with E-state index in [-0.39, 0.29) is 5.92 Å². The molecule has 27 heavy (non-hydrogen) atoms. The summed E-state index contributed by atoms with van der Waals surface area (Å²) in [5.41, 5.74) is 0.0783. The molecule has 0 saturated heterocycles. The molecular formula is C17H19F3N6O. The highest BCUT2D eigenvalue weighted by Gasteiger charge is 2.35. The van der Waals surface area contributed by atoms with Gasteiger partial charge in [0.2, 0.25) is 0 Å². The number of halogens is 3. The minimum Gasteiger partial charge on any atom is -0.337 e. The molecule has 1 aliphatic heterocycles. The second-order valence-corrected chi connectivity index (χ2v) is 7.05. The maximum absolute atomic E-state index is 12.8. The van der Waals surface area contributed by atoms with Crippen LogP contribution in [0.3, 0.4) is 0 Å². The number of alkyl halides is 3. The van der Waals surface area contributed by atoms with Gasteiger partial charge in [0, 0.05) is 31.6 Å². The number of amides is 2. The number of nitrogens with one attached hydrogen (secondary N) is 2. The van der Waals surface area contributed by atoms with E-state index in [9.17, 15) is 18.0 Å². The van der Waals surface area contributed by atoms with Crippen molar-refractivity contribution in [3.63, 3.8) is 0 Å². The fourth-order valence-corrected chi connectivity index (χ4v) is 3.22. The molecule has 2 aliphatic rings. The van der Waals surface area contributed by atoms with E-state index in [0.29, 0.717) is 43.5 Å². The molecule has 10 heteroatoms. The maximum Gasteiger partial charge on any atom is 0.434 e. The van der Waals surface area contributed by atoms with Crippen LogP contribution in [0.5, 0.6) is 0 Å². The molecule has 1 saturated carbocycles. The monoisotopic (exact) mass is 380 g/mol. The fraction of sp³-hybridized carbons (Fsp3) is 0.529. The first-order valence-electron chi connectivity index (χ1n) is 8.90. The minimum atomic E-state index is -4.44. The number of urea groups is 1. The van der Waals surface area contributed by atoms with Crippen molar-refractivity contribution in [1.29, 1.82) is 0 Å². The molecular weight excluding hydrogens is 361 g/mol. The molecule has 2 aromatic heterocycles. The predicted octanol–water partition coefficient (Wildman–Crippen LogP) is 2.95. The Kier molecular flexibility index (Phi) is 4.48. The summed E-state index contributed by atoms with van der Waals surface area (Å²) in [4.78, 5) is 15.7. The van der Waals surface area contributed by atoms with Crippen molar-refractivity contribution in [2.24, 2.45) is 5.92 Å². The first-order valence-corrected chi connectivity index (χ1v) is 8.90. The van der Waals surface area contributed by atoms with Crippen LogP contribution < -0.4 is 10.6 Å². The normalized spacial score (nSPS) is 19.4. The van der Waals surface area contributed by atoms with Crippen molar-refractivity contribution in [2.75, 3.05) is 11.9 Å². The SMILES string of the molecule is O=C(NCC1CCc2nc(C(F)(F)F)cn2C1)Nc1ccc(C2CC2)nn1. The molecule has 2 N–H and O–H groups in total. The van der Waals surface area contributed by atoms with Gasteiger partial charge in [-0.1, -0.05) is 0 Å². The Morgan fingerprint density at radius 3 is 2.70 bits per heavy atom. The molecule has 7 nitrogen and oxygen atoms in total. The van der Waals surface area contributed by atoms with Gasteiger partial charge in [0.15, 0.2) is 11.5 Å². The van der Waals surface area contributed by atoms with Gasteiger partial charge in [-0.05, 0) is 37.3 Å². The van der Waals surface area contributed by atoms with Crippen molar-refractivity contribution in [3.8, 4) is 0 Å². The van der Waals surface area contributed by atoms with Crippen LogP contribution >= 0.6 is 0 Å². The second kappa shape index (κ2) is 6.82. The van der Waals surface area contributed by atoms with Gasteiger partial charge in [-0.15, -0.1) is 5.10 Å². The van der Waals surface area contributed by atoms with Gasteiger partial charge < -0.3 is 9.88 Å². The lowest BCUT2D eigenvalue weighted by atomic mass is 9.99. The first-order chi connectivity index (χ1) is 12.9. The number of hydrogen-bond donors (Lipinski definition) is 2. The van der Waals surface area contributed by atoms with E-state index in [1.165, 1.54) is 4.57 Å². The Morgan fingerprint density at radius 1 is 1.22 bits per heavy atom. The number of aryl methyl sites for hydroxylation is 1. The summed E-state index contributed by atoms with van der Waals surface area (Å²) in [5.74, 6) is 1.35. The van der Waals surface area contributed by atoms with Crippen molar-refractivity contribution in [2.45, 2.75) is 44.3 Å². The summed E-state index contributed by atoms with van der Waals surface area (Å²) in [7, 11) is 0. The quantitative estimate of drug-likeness (QED) is 0.854. The van der Waals surface area contributed by atoms with Crippen LogP contribution in [0, 0.1) is 5.92 Å². The lowest BCUT2D eigenvalue weighted by Gasteiger charge is -2.23. The summed E-state index contributed by atoms with van der Waals surface area (Å²) >= 11 is 0. The zero-order valence-electron chi connectivity index (χ0n) is 14.5. The zero-order chi connectivity index (χ0) is 19.0. The Labute approximate surface area is 153 Å². The third-order valence-electron chi connectivity index (χ3n) is 4.85. The highest BCUT2D eigenvalue weighted by atomic mass is 19.4. The molecule has 0 spiro atoms. The van der Waals surface area contributed by atoms with E-state index in [1.807, 2.05) is 6.07 Å². The van der Waals surface area contributed by atoms with Gasteiger partial charge in [0.25, 0.3) is 0 Å². The Bertz CT molecular complexity index is 828. The van der Waals surface area contributed by atoms with E-state index >= 15 is 0 Å². The number of nitrogens with zero attached hydrogens (tertiary/aromatic N) is 4. The van der Waals surface area contributed by atoms with E-state index in [1.54, 1.807) is 6.07 Å². The number of carbonyl (C=O) groups is 1. The molecule has 0 aromatic carbocycles. The molecule has 144 valence electrons. The zero-order valence-corrected chi connectivity index (χ0v) is 14.5. The van der Waals surface area contributed by atoms with Crippen molar-refractivity contribution < 1.29 is 18.0 Å². The molecule has 3 heterocycles. The van der Waals surface area contributed by atoms with Crippen molar-refractivity contribution in [1.82, 2.24) is 25.1 Å². The largest absolute Gasteiger partial charge is 0.434 e. The Hall–Kier alpha value is -2.65. The van der Waals surface area contributed by atoms with Gasteiger partial charge in [-0.25, -0.2) is 9.78 Å². The number of imidazole rings is 1. The van der Waals surface area contributed by atoms with Crippen LogP contribution in [0.15, 0.2) is 18.3 Å². The standard InChI is InChI=1S/C17H19F3N6O/c18-17(19,20)13-9-26-8-10(1-6-15(26)22-13)7-21-16(27)23-14-5-4-12(24-25-14)11-2-3-11/h4-5,9-11H,1-3,6-8H2,(H2,21,23,25,27). The molecule has 2 aromatic rings. The van der Waals surface area contributed by atoms with E-state index in [4.69, 9.17) is 0 Å². The third-order valence-corrected chi connectivity index (χ3v) is 4.85. The Morgan fingerprint density at radius 2 is 2.04 bits per heavy atom. The lowest BCUT2D eigenvalue weighted by molar-refractivity contribution is -0.141. The minimum absolute atomic E-state index is 0.0434. The van der Waals surface area contributed by atoms with Gasteiger partial charge in [-0.2, -0.15) is 18.3 Å². The molecule has 4 rings (SSSR count). The predicted molar refractivity (Wildman–Crippen MR) is 90.1 cm³/mol. The molecule has 2 amide bonds. The van der Waals surface area contributed by atoms with Crippen LogP contribution in [-0.4, -0.2) is 32.3 Å². The van der Waals surface area contributed by atoms with Gasteiger partial charge >= 0.3 is 12.2 Å². The maximum atomic E-state index is 12.8. The first kappa shape index (κ1) is 17.7. The van der Waals surface area contributed by atoms with Crippen LogP contribution in [0.4, 0.5) is 23.8 Å². The van der Waals surface area contributed by atoms with E-state index in [0.717, 1.165) is 24.7 Å². The second-order valence-electron chi connectivity index (χ2n) is 7.05. The third kappa shape index (κ3) is 4.20. The average molecular weight is 380 g/mol. The van der Waals surface area contributed by atoms with Crippen LogP contribution in [-0.2, 0) is 19.1 Å².